The van der Waals surface area contributed by atoms with E-state index in [9.17, 15) is 9.59 Å². The van der Waals surface area contributed by atoms with Gasteiger partial charge < -0.3 is 21.4 Å². The first kappa shape index (κ1) is 21.4. The molecular weight excluding hydrogens is 378 g/mol. The fraction of sp³-hybridized carbons (Fsp3) is 0.250. The Kier molecular flexibility index (Phi) is 7.14. The van der Waals surface area contributed by atoms with E-state index in [-0.39, 0.29) is 36.7 Å². The fourth-order valence-corrected chi connectivity index (χ4v) is 2.66. The zero-order chi connectivity index (χ0) is 19.4. The van der Waals surface area contributed by atoms with E-state index >= 15 is 0 Å². The number of aromatic nitrogens is 2. The first-order valence-corrected chi connectivity index (χ1v) is 8.83. The molecule has 28 heavy (non-hydrogen) atoms. The molecule has 1 heterocycles. The molecule has 0 fully saturated rings. The van der Waals surface area contributed by atoms with E-state index in [1.54, 1.807) is 6.07 Å². The van der Waals surface area contributed by atoms with Crippen LogP contribution in [-0.4, -0.2) is 34.4 Å². The molecule has 0 aliphatic heterocycles. The summed E-state index contributed by atoms with van der Waals surface area (Å²) in [5.41, 5.74) is 8.94. The van der Waals surface area contributed by atoms with Crippen LogP contribution in [0.5, 0.6) is 0 Å². The van der Waals surface area contributed by atoms with Crippen molar-refractivity contribution in [2.24, 2.45) is 11.7 Å². The van der Waals surface area contributed by atoms with Gasteiger partial charge in [0.25, 0.3) is 0 Å². The fourth-order valence-electron chi connectivity index (χ4n) is 2.66. The molecular formula is C20H24ClN5O2. The van der Waals surface area contributed by atoms with Gasteiger partial charge in [-0.3, -0.25) is 9.59 Å². The van der Waals surface area contributed by atoms with Gasteiger partial charge in [-0.05, 0) is 30.2 Å². The number of imidazole rings is 1. The standard InChI is InChI=1S/C20H23N5O2.ClH/c1-12(2)18(21)20(27)22-11-17(26)23-14-8-4-3-7-13(14)19-24-15-9-5-6-10-16(15)25-19;/h3-10,12,18H,11,21H2,1-2H3,(H,22,27)(H,23,26)(H,24,25);1H/t18-;/m0./s1. The van der Waals surface area contributed by atoms with Crippen molar-refractivity contribution in [3.8, 4) is 11.4 Å². The smallest absolute Gasteiger partial charge is 0.243 e. The van der Waals surface area contributed by atoms with E-state index in [4.69, 9.17) is 5.73 Å². The molecule has 3 aromatic rings. The largest absolute Gasteiger partial charge is 0.346 e. The number of benzene rings is 2. The summed E-state index contributed by atoms with van der Waals surface area (Å²) in [6.07, 6.45) is 0. The van der Waals surface area contributed by atoms with Crippen molar-refractivity contribution in [1.29, 1.82) is 0 Å². The van der Waals surface area contributed by atoms with Crippen LogP contribution in [0.25, 0.3) is 22.4 Å². The molecule has 0 saturated heterocycles. The quantitative estimate of drug-likeness (QED) is 0.508. The van der Waals surface area contributed by atoms with Crippen LogP contribution in [0.3, 0.4) is 0 Å². The number of nitrogens with zero attached hydrogens (tertiary/aromatic N) is 1. The third-order valence-electron chi connectivity index (χ3n) is 4.29. The van der Waals surface area contributed by atoms with Crippen LogP contribution < -0.4 is 16.4 Å². The summed E-state index contributed by atoms with van der Waals surface area (Å²) in [5.74, 6) is -0.00609. The molecule has 2 aromatic carbocycles. The molecule has 0 radical (unpaired) electrons. The number of hydrogen-bond acceptors (Lipinski definition) is 4. The lowest BCUT2D eigenvalue weighted by atomic mass is 10.1. The number of H-pyrrole nitrogens is 1. The summed E-state index contributed by atoms with van der Waals surface area (Å²) in [7, 11) is 0. The number of nitrogens with two attached hydrogens (primary N) is 1. The number of carbonyl (C=O) groups excluding carboxylic acids is 2. The van der Waals surface area contributed by atoms with Crippen molar-refractivity contribution in [2.75, 3.05) is 11.9 Å². The Labute approximate surface area is 169 Å². The highest BCUT2D eigenvalue weighted by atomic mass is 35.5. The summed E-state index contributed by atoms with van der Waals surface area (Å²) in [5, 5.41) is 5.39. The van der Waals surface area contributed by atoms with Gasteiger partial charge in [-0.1, -0.05) is 38.1 Å². The highest BCUT2D eigenvalue weighted by molar-refractivity contribution is 5.98. The summed E-state index contributed by atoms with van der Waals surface area (Å²) >= 11 is 0. The van der Waals surface area contributed by atoms with Gasteiger partial charge in [-0.2, -0.15) is 0 Å². The maximum absolute atomic E-state index is 12.3. The summed E-state index contributed by atoms with van der Waals surface area (Å²) in [4.78, 5) is 32.0. The maximum atomic E-state index is 12.3. The summed E-state index contributed by atoms with van der Waals surface area (Å²) < 4.78 is 0. The number of nitrogens with one attached hydrogen (secondary N) is 3. The van der Waals surface area contributed by atoms with E-state index in [1.807, 2.05) is 56.3 Å². The van der Waals surface area contributed by atoms with Crippen LogP contribution in [0.1, 0.15) is 13.8 Å². The Morgan fingerprint density at radius 1 is 1.11 bits per heavy atom. The molecule has 0 bridgehead atoms. The first-order valence-electron chi connectivity index (χ1n) is 8.83. The normalized spacial score (nSPS) is 11.7. The number of aromatic amines is 1. The second kappa shape index (κ2) is 9.34. The predicted octanol–water partition coefficient (Wildman–Crippen LogP) is 2.69. The Hall–Kier alpha value is -2.90. The number of halogens is 1. The second-order valence-corrected chi connectivity index (χ2v) is 6.68. The van der Waals surface area contributed by atoms with E-state index in [1.165, 1.54) is 0 Å². The van der Waals surface area contributed by atoms with Crippen molar-refractivity contribution < 1.29 is 9.59 Å². The highest BCUT2D eigenvalue weighted by Gasteiger charge is 2.18. The Bertz CT molecular complexity index is 937. The van der Waals surface area contributed by atoms with E-state index in [0.29, 0.717) is 11.5 Å². The lowest BCUT2D eigenvalue weighted by Gasteiger charge is -2.15. The number of amides is 2. The van der Waals surface area contributed by atoms with Gasteiger partial charge in [0, 0.05) is 5.56 Å². The minimum absolute atomic E-state index is 0. The Balaban J connectivity index is 0.00000280. The van der Waals surface area contributed by atoms with Crippen molar-refractivity contribution in [1.82, 2.24) is 15.3 Å². The molecule has 0 aliphatic carbocycles. The molecule has 0 spiro atoms. The van der Waals surface area contributed by atoms with E-state index in [2.05, 4.69) is 20.6 Å². The van der Waals surface area contributed by atoms with Crippen molar-refractivity contribution >= 4 is 40.9 Å². The zero-order valence-corrected chi connectivity index (χ0v) is 16.5. The zero-order valence-electron chi connectivity index (χ0n) is 15.7. The number of carbonyl (C=O) groups is 2. The maximum Gasteiger partial charge on any atom is 0.243 e. The lowest BCUT2D eigenvalue weighted by Crippen LogP contribution is -2.46. The van der Waals surface area contributed by atoms with Crippen LogP contribution in [0, 0.1) is 5.92 Å². The minimum Gasteiger partial charge on any atom is -0.346 e. The number of para-hydroxylation sites is 3. The van der Waals surface area contributed by atoms with Crippen LogP contribution in [0.2, 0.25) is 0 Å². The SMILES string of the molecule is CC(C)[C@H](N)C(=O)NCC(=O)Nc1ccccc1-c1nc2ccccc2[nH]1.Cl. The number of rotatable bonds is 6. The molecule has 148 valence electrons. The summed E-state index contributed by atoms with van der Waals surface area (Å²) in [6, 6.07) is 14.5. The molecule has 1 atom stereocenters. The van der Waals surface area contributed by atoms with Crippen molar-refractivity contribution in [3.05, 3.63) is 48.5 Å². The van der Waals surface area contributed by atoms with Crippen LogP contribution in [0.4, 0.5) is 5.69 Å². The lowest BCUT2D eigenvalue weighted by molar-refractivity contribution is -0.125. The molecule has 2 amide bonds. The minimum atomic E-state index is -0.638. The monoisotopic (exact) mass is 401 g/mol. The highest BCUT2D eigenvalue weighted by Crippen LogP contribution is 2.27. The number of anilines is 1. The Morgan fingerprint density at radius 3 is 2.50 bits per heavy atom. The molecule has 7 nitrogen and oxygen atoms in total. The molecule has 5 N–H and O–H groups in total. The number of fused-ring (bicyclic) bond motifs is 1. The molecule has 0 saturated carbocycles. The van der Waals surface area contributed by atoms with Gasteiger partial charge in [-0.15, -0.1) is 12.4 Å². The predicted molar refractivity (Wildman–Crippen MR) is 113 cm³/mol. The van der Waals surface area contributed by atoms with Crippen LogP contribution in [-0.2, 0) is 9.59 Å². The molecule has 1 aromatic heterocycles. The number of hydrogen-bond donors (Lipinski definition) is 4. The van der Waals surface area contributed by atoms with Gasteiger partial charge in [0.05, 0.1) is 29.3 Å². The van der Waals surface area contributed by atoms with Gasteiger partial charge in [0.1, 0.15) is 5.82 Å². The van der Waals surface area contributed by atoms with Crippen LogP contribution in [0.15, 0.2) is 48.5 Å². The van der Waals surface area contributed by atoms with Gasteiger partial charge in [-0.25, -0.2) is 4.98 Å². The average molecular weight is 402 g/mol. The van der Waals surface area contributed by atoms with Crippen LogP contribution >= 0.6 is 12.4 Å². The molecule has 3 rings (SSSR count). The topological polar surface area (TPSA) is 113 Å². The van der Waals surface area contributed by atoms with Gasteiger partial charge in [0.15, 0.2) is 0 Å². The average Bonchev–Trinajstić information content (AvgIpc) is 3.09. The molecule has 8 heteroatoms. The molecule has 0 unspecified atom stereocenters. The van der Waals surface area contributed by atoms with E-state index in [0.717, 1.165) is 16.6 Å². The molecule has 0 aliphatic rings. The van der Waals surface area contributed by atoms with Crippen molar-refractivity contribution in [2.45, 2.75) is 19.9 Å². The third-order valence-corrected chi connectivity index (χ3v) is 4.29. The van der Waals surface area contributed by atoms with Gasteiger partial charge >= 0.3 is 0 Å². The Morgan fingerprint density at radius 2 is 1.79 bits per heavy atom. The van der Waals surface area contributed by atoms with E-state index < -0.39 is 6.04 Å². The van der Waals surface area contributed by atoms with Crippen molar-refractivity contribution in [3.63, 3.8) is 0 Å². The van der Waals surface area contributed by atoms with Gasteiger partial charge in [0.2, 0.25) is 11.8 Å². The summed E-state index contributed by atoms with van der Waals surface area (Å²) in [6.45, 7) is 3.56. The first-order chi connectivity index (χ1) is 13.0. The second-order valence-electron chi connectivity index (χ2n) is 6.68. The third kappa shape index (κ3) is 4.88.